The van der Waals surface area contributed by atoms with Gasteiger partial charge in [0.15, 0.2) is 0 Å². The van der Waals surface area contributed by atoms with E-state index in [4.69, 9.17) is 4.74 Å². The van der Waals surface area contributed by atoms with E-state index in [0.29, 0.717) is 6.61 Å². The molecule has 86 valence electrons. The Morgan fingerprint density at radius 3 is 2.94 bits per heavy atom. The van der Waals surface area contributed by atoms with Gasteiger partial charge in [0.25, 0.3) is 0 Å². The lowest BCUT2D eigenvalue weighted by Gasteiger charge is -2.12. The molecule has 16 heavy (non-hydrogen) atoms. The molecule has 1 aromatic carbocycles. The highest BCUT2D eigenvalue weighted by molar-refractivity contribution is 14.1. The van der Waals surface area contributed by atoms with Crippen LogP contribution in [0, 0.1) is 3.57 Å². The van der Waals surface area contributed by atoms with Gasteiger partial charge in [-0.3, -0.25) is 0 Å². The molecule has 2 amide bonds. The largest absolute Gasteiger partial charge is 0.379 e. The van der Waals surface area contributed by atoms with E-state index in [1.807, 2.05) is 24.3 Å². The minimum atomic E-state index is -0.167. The molecule has 0 radical (unpaired) electrons. The van der Waals surface area contributed by atoms with Crippen molar-refractivity contribution in [2.75, 3.05) is 18.5 Å². The standard InChI is InChI=1S/C11H13IN2O2/c12-9-3-1-2-4-10(9)14-11(15)13-8-5-6-16-7-8/h1-4,8H,5-7H2,(H2,13,14,15). The molecule has 5 heteroatoms. The van der Waals surface area contributed by atoms with E-state index >= 15 is 0 Å². The molecule has 2 rings (SSSR count). The van der Waals surface area contributed by atoms with Crippen LogP contribution in [0.1, 0.15) is 6.42 Å². The van der Waals surface area contributed by atoms with Gasteiger partial charge in [-0.1, -0.05) is 12.1 Å². The maximum atomic E-state index is 11.6. The highest BCUT2D eigenvalue weighted by atomic mass is 127. The predicted octanol–water partition coefficient (Wildman–Crippen LogP) is 2.20. The van der Waals surface area contributed by atoms with Crippen molar-refractivity contribution in [1.29, 1.82) is 0 Å². The third-order valence-electron chi connectivity index (χ3n) is 2.39. The Morgan fingerprint density at radius 2 is 2.25 bits per heavy atom. The minimum Gasteiger partial charge on any atom is -0.379 e. The quantitative estimate of drug-likeness (QED) is 0.816. The van der Waals surface area contributed by atoms with E-state index in [-0.39, 0.29) is 12.1 Å². The molecule has 0 aromatic heterocycles. The molecular weight excluding hydrogens is 319 g/mol. The Balaban J connectivity index is 1.89. The van der Waals surface area contributed by atoms with E-state index < -0.39 is 0 Å². The van der Waals surface area contributed by atoms with Crippen molar-refractivity contribution in [1.82, 2.24) is 5.32 Å². The number of urea groups is 1. The van der Waals surface area contributed by atoms with Gasteiger partial charge in [0.2, 0.25) is 0 Å². The number of rotatable bonds is 2. The fourth-order valence-corrected chi connectivity index (χ4v) is 2.08. The summed E-state index contributed by atoms with van der Waals surface area (Å²) in [5.41, 5.74) is 0.833. The summed E-state index contributed by atoms with van der Waals surface area (Å²) >= 11 is 2.19. The Bertz CT molecular complexity index is 378. The summed E-state index contributed by atoms with van der Waals surface area (Å²) in [6, 6.07) is 7.65. The van der Waals surface area contributed by atoms with Gasteiger partial charge in [-0.15, -0.1) is 0 Å². The second kappa shape index (κ2) is 5.49. The Morgan fingerprint density at radius 1 is 1.44 bits per heavy atom. The highest BCUT2D eigenvalue weighted by Crippen LogP contribution is 2.16. The summed E-state index contributed by atoms with van der Waals surface area (Å²) in [4.78, 5) is 11.6. The second-order valence-electron chi connectivity index (χ2n) is 3.64. The zero-order valence-electron chi connectivity index (χ0n) is 8.70. The molecule has 2 N–H and O–H groups in total. The first kappa shape index (κ1) is 11.7. The number of amides is 2. The van der Waals surface area contributed by atoms with Crippen LogP contribution in [0.3, 0.4) is 0 Å². The third-order valence-corrected chi connectivity index (χ3v) is 3.33. The minimum absolute atomic E-state index is 0.140. The van der Waals surface area contributed by atoms with Crippen molar-refractivity contribution in [3.05, 3.63) is 27.8 Å². The number of carbonyl (C=O) groups is 1. The average Bonchev–Trinajstić information content (AvgIpc) is 2.74. The van der Waals surface area contributed by atoms with Gasteiger partial charge in [0, 0.05) is 10.2 Å². The fourth-order valence-electron chi connectivity index (χ4n) is 1.55. The lowest BCUT2D eigenvalue weighted by Crippen LogP contribution is -2.38. The van der Waals surface area contributed by atoms with Crippen LogP contribution in [0.5, 0.6) is 0 Å². The molecule has 1 unspecified atom stereocenters. The molecular formula is C11H13IN2O2. The monoisotopic (exact) mass is 332 g/mol. The molecule has 1 aliphatic rings. The molecule has 1 fully saturated rings. The second-order valence-corrected chi connectivity index (χ2v) is 4.80. The number of benzene rings is 1. The van der Waals surface area contributed by atoms with E-state index in [9.17, 15) is 4.79 Å². The van der Waals surface area contributed by atoms with Crippen molar-refractivity contribution in [2.24, 2.45) is 0 Å². The van der Waals surface area contributed by atoms with Crippen LogP contribution >= 0.6 is 22.6 Å². The molecule has 1 heterocycles. The maximum absolute atomic E-state index is 11.6. The molecule has 4 nitrogen and oxygen atoms in total. The molecule has 1 saturated heterocycles. The van der Waals surface area contributed by atoms with Crippen molar-refractivity contribution in [3.63, 3.8) is 0 Å². The van der Waals surface area contributed by atoms with Gasteiger partial charge in [-0.25, -0.2) is 4.79 Å². The molecule has 1 aliphatic heterocycles. The zero-order chi connectivity index (χ0) is 11.4. The van der Waals surface area contributed by atoms with Crippen LogP contribution in [-0.2, 0) is 4.74 Å². The topological polar surface area (TPSA) is 50.4 Å². The fraction of sp³-hybridized carbons (Fsp3) is 0.364. The summed E-state index contributed by atoms with van der Waals surface area (Å²) in [5, 5.41) is 5.70. The SMILES string of the molecule is O=C(Nc1ccccc1I)NC1CCOC1. The molecule has 1 atom stereocenters. The van der Waals surface area contributed by atoms with Crippen LogP contribution in [-0.4, -0.2) is 25.3 Å². The number of para-hydroxylation sites is 1. The average molecular weight is 332 g/mol. The normalized spacial score (nSPS) is 19.4. The number of hydrogen-bond donors (Lipinski definition) is 2. The predicted molar refractivity (Wildman–Crippen MR) is 70.5 cm³/mol. The molecule has 0 saturated carbocycles. The number of carbonyl (C=O) groups excluding carboxylic acids is 1. The summed E-state index contributed by atoms with van der Waals surface area (Å²) < 4.78 is 6.21. The lowest BCUT2D eigenvalue weighted by atomic mass is 10.3. The van der Waals surface area contributed by atoms with Crippen LogP contribution in [0.25, 0.3) is 0 Å². The summed E-state index contributed by atoms with van der Waals surface area (Å²) in [6.07, 6.45) is 0.888. The summed E-state index contributed by atoms with van der Waals surface area (Å²) in [7, 11) is 0. The van der Waals surface area contributed by atoms with Gasteiger partial charge in [0.05, 0.1) is 18.3 Å². The first-order chi connectivity index (χ1) is 7.75. The van der Waals surface area contributed by atoms with Gasteiger partial charge < -0.3 is 15.4 Å². The van der Waals surface area contributed by atoms with Crippen molar-refractivity contribution in [3.8, 4) is 0 Å². The molecule has 0 spiro atoms. The van der Waals surface area contributed by atoms with Gasteiger partial charge in [-0.05, 0) is 41.1 Å². The zero-order valence-corrected chi connectivity index (χ0v) is 10.9. The smallest absolute Gasteiger partial charge is 0.319 e. The molecule has 1 aromatic rings. The Labute approximate surface area is 108 Å². The number of hydrogen-bond acceptors (Lipinski definition) is 2. The maximum Gasteiger partial charge on any atom is 0.319 e. The van der Waals surface area contributed by atoms with Crippen molar-refractivity contribution >= 4 is 34.3 Å². The third kappa shape index (κ3) is 3.08. The number of ether oxygens (including phenoxy) is 1. The van der Waals surface area contributed by atoms with E-state index in [1.54, 1.807) is 0 Å². The molecule has 0 aliphatic carbocycles. The van der Waals surface area contributed by atoms with E-state index in [2.05, 4.69) is 33.2 Å². The van der Waals surface area contributed by atoms with Gasteiger partial charge in [-0.2, -0.15) is 0 Å². The van der Waals surface area contributed by atoms with Crippen LogP contribution in [0.15, 0.2) is 24.3 Å². The van der Waals surface area contributed by atoms with Crippen molar-refractivity contribution < 1.29 is 9.53 Å². The summed E-state index contributed by atoms with van der Waals surface area (Å²) in [6.45, 7) is 1.34. The van der Waals surface area contributed by atoms with Crippen LogP contribution < -0.4 is 10.6 Å². The lowest BCUT2D eigenvalue weighted by molar-refractivity contribution is 0.189. The van der Waals surface area contributed by atoms with Crippen LogP contribution in [0.4, 0.5) is 10.5 Å². The number of halogens is 1. The van der Waals surface area contributed by atoms with E-state index in [1.165, 1.54) is 0 Å². The Kier molecular flexibility index (Phi) is 4.00. The number of anilines is 1. The number of nitrogens with one attached hydrogen (secondary N) is 2. The molecule has 0 bridgehead atoms. The van der Waals surface area contributed by atoms with Gasteiger partial charge in [0.1, 0.15) is 0 Å². The highest BCUT2D eigenvalue weighted by Gasteiger charge is 2.17. The first-order valence-corrected chi connectivity index (χ1v) is 6.23. The Hall–Kier alpha value is -0.820. The summed E-state index contributed by atoms with van der Waals surface area (Å²) in [5.74, 6) is 0. The van der Waals surface area contributed by atoms with E-state index in [0.717, 1.165) is 22.3 Å². The van der Waals surface area contributed by atoms with Crippen LogP contribution in [0.2, 0.25) is 0 Å². The first-order valence-electron chi connectivity index (χ1n) is 5.15. The van der Waals surface area contributed by atoms with Crippen molar-refractivity contribution in [2.45, 2.75) is 12.5 Å². The van der Waals surface area contributed by atoms with Gasteiger partial charge >= 0.3 is 6.03 Å².